The fourth-order valence-corrected chi connectivity index (χ4v) is 3.15. The molecule has 3 aromatic heterocycles. The van der Waals surface area contributed by atoms with Crippen molar-refractivity contribution < 1.29 is 4.79 Å². The molecule has 0 spiro atoms. The van der Waals surface area contributed by atoms with Gasteiger partial charge in [0.05, 0.1) is 5.69 Å². The minimum Gasteiger partial charge on any atom is -0.322 e. The van der Waals surface area contributed by atoms with Crippen LogP contribution in [0.1, 0.15) is 10.7 Å². The predicted octanol–water partition coefficient (Wildman–Crippen LogP) is 3.81. The molecule has 0 fully saturated rings. The minimum atomic E-state index is -0.173. The first-order valence-corrected chi connectivity index (χ1v) is 8.89. The number of thiophene rings is 1. The summed E-state index contributed by atoms with van der Waals surface area (Å²) < 4.78 is 1.70. The van der Waals surface area contributed by atoms with Gasteiger partial charge in [-0.1, -0.05) is 18.2 Å². The van der Waals surface area contributed by atoms with Crippen molar-refractivity contribution in [2.45, 2.75) is 6.92 Å². The smallest absolute Gasteiger partial charge is 0.248 e. The molecule has 128 valence electrons. The van der Waals surface area contributed by atoms with Gasteiger partial charge in [-0.2, -0.15) is 9.61 Å². The second kappa shape index (κ2) is 6.89. The van der Waals surface area contributed by atoms with Gasteiger partial charge in [-0.25, -0.2) is 0 Å². The number of hydrogen-bond acceptors (Lipinski definition) is 5. The second-order valence-electron chi connectivity index (χ2n) is 5.65. The van der Waals surface area contributed by atoms with Gasteiger partial charge in [-0.15, -0.1) is 21.5 Å². The fourth-order valence-electron chi connectivity index (χ4n) is 2.53. The summed E-state index contributed by atoms with van der Waals surface area (Å²) in [4.78, 5) is 13.1. The molecule has 6 nitrogen and oxygen atoms in total. The molecule has 0 aliphatic rings. The summed E-state index contributed by atoms with van der Waals surface area (Å²) in [5.41, 5.74) is 3.10. The van der Waals surface area contributed by atoms with Crippen LogP contribution in [0.2, 0.25) is 0 Å². The van der Waals surface area contributed by atoms with Crippen LogP contribution in [0.25, 0.3) is 23.0 Å². The number of anilines is 1. The molecule has 0 aliphatic heterocycles. The molecule has 0 aliphatic carbocycles. The molecule has 1 aromatic carbocycles. The number of nitrogens with zero attached hydrogens (tertiary/aromatic N) is 4. The summed E-state index contributed by atoms with van der Waals surface area (Å²) in [6, 6.07) is 15.3. The van der Waals surface area contributed by atoms with Crippen LogP contribution in [0.15, 0.2) is 60.0 Å². The summed E-state index contributed by atoms with van der Waals surface area (Å²) in [5, 5.41) is 17.5. The lowest BCUT2D eigenvalue weighted by Crippen LogP contribution is -2.07. The summed E-state index contributed by atoms with van der Waals surface area (Å²) in [6.45, 7) is 1.85. The normalized spacial score (nSPS) is 11.3. The SMILES string of the molecule is Cc1nnc2ccc(-c3cccc(NC(=O)/C=C/c4cccs4)c3)nn12. The average molecular weight is 361 g/mol. The van der Waals surface area contributed by atoms with Crippen molar-refractivity contribution in [3.63, 3.8) is 0 Å². The van der Waals surface area contributed by atoms with Crippen molar-refractivity contribution in [2.24, 2.45) is 0 Å². The van der Waals surface area contributed by atoms with Gasteiger partial charge in [-0.3, -0.25) is 4.79 Å². The van der Waals surface area contributed by atoms with E-state index in [0.717, 1.165) is 22.0 Å². The van der Waals surface area contributed by atoms with Crippen molar-refractivity contribution in [2.75, 3.05) is 5.32 Å². The van der Waals surface area contributed by atoms with Gasteiger partial charge in [0.15, 0.2) is 11.5 Å². The van der Waals surface area contributed by atoms with E-state index < -0.39 is 0 Å². The molecule has 1 amide bonds. The van der Waals surface area contributed by atoms with E-state index >= 15 is 0 Å². The van der Waals surface area contributed by atoms with E-state index in [1.165, 1.54) is 6.08 Å². The van der Waals surface area contributed by atoms with Crippen LogP contribution >= 0.6 is 11.3 Å². The van der Waals surface area contributed by atoms with Gasteiger partial charge < -0.3 is 5.32 Å². The molecule has 4 rings (SSSR count). The third-order valence-corrected chi connectivity index (χ3v) is 4.62. The topological polar surface area (TPSA) is 72.2 Å². The molecule has 3 heterocycles. The lowest BCUT2D eigenvalue weighted by Gasteiger charge is -2.06. The Bertz CT molecular complexity index is 1100. The average Bonchev–Trinajstić information content (AvgIpc) is 3.30. The van der Waals surface area contributed by atoms with E-state index in [9.17, 15) is 4.79 Å². The number of nitrogens with one attached hydrogen (secondary N) is 1. The van der Waals surface area contributed by atoms with E-state index in [4.69, 9.17) is 0 Å². The molecule has 0 unspecified atom stereocenters. The van der Waals surface area contributed by atoms with Crippen LogP contribution in [0, 0.1) is 6.92 Å². The van der Waals surface area contributed by atoms with Crippen LogP contribution < -0.4 is 5.32 Å². The number of amides is 1. The molecular formula is C19H15N5OS. The zero-order valence-electron chi connectivity index (χ0n) is 14.0. The zero-order valence-corrected chi connectivity index (χ0v) is 14.8. The summed E-state index contributed by atoms with van der Waals surface area (Å²) >= 11 is 1.59. The third-order valence-electron chi connectivity index (χ3n) is 3.79. The van der Waals surface area contributed by atoms with Crippen LogP contribution in [-0.4, -0.2) is 25.7 Å². The van der Waals surface area contributed by atoms with Crippen molar-refractivity contribution in [1.29, 1.82) is 0 Å². The van der Waals surface area contributed by atoms with E-state index in [-0.39, 0.29) is 5.91 Å². The van der Waals surface area contributed by atoms with Gasteiger partial charge in [0, 0.05) is 22.2 Å². The summed E-state index contributed by atoms with van der Waals surface area (Å²) in [6.07, 6.45) is 3.33. The molecule has 0 bridgehead atoms. The molecule has 0 atom stereocenters. The number of aryl methyl sites for hydroxylation is 1. The van der Waals surface area contributed by atoms with Crippen molar-refractivity contribution in [3.05, 3.63) is 70.7 Å². The van der Waals surface area contributed by atoms with Crippen molar-refractivity contribution >= 4 is 34.7 Å². The Morgan fingerprint density at radius 1 is 1.15 bits per heavy atom. The number of fused-ring (bicyclic) bond motifs is 1. The van der Waals surface area contributed by atoms with Crippen LogP contribution in [0.4, 0.5) is 5.69 Å². The van der Waals surface area contributed by atoms with E-state index in [1.807, 2.05) is 60.8 Å². The quantitative estimate of drug-likeness (QED) is 0.561. The van der Waals surface area contributed by atoms with Crippen LogP contribution in [0.3, 0.4) is 0 Å². The number of carbonyl (C=O) groups excluding carboxylic acids is 1. The lowest BCUT2D eigenvalue weighted by molar-refractivity contribution is -0.111. The highest BCUT2D eigenvalue weighted by molar-refractivity contribution is 7.10. The van der Waals surface area contributed by atoms with Crippen LogP contribution in [-0.2, 0) is 4.79 Å². The number of aromatic nitrogens is 4. The Labute approximate surface area is 153 Å². The Morgan fingerprint density at radius 3 is 2.92 bits per heavy atom. The Hall–Kier alpha value is -3.32. The van der Waals surface area contributed by atoms with Crippen LogP contribution in [0.5, 0.6) is 0 Å². The Morgan fingerprint density at radius 2 is 2.08 bits per heavy atom. The lowest BCUT2D eigenvalue weighted by atomic mass is 10.1. The first-order chi connectivity index (χ1) is 12.7. The Balaban J connectivity index is 1.55. The van der Waals surface area contributed by atoms with Gasteiger partial charge in [0.2, 0.25) is 5.91 Å². The molecule has 26 heavy (non-hydrogen) atoms. The maximum atomic E-state index is 12.1. The van der Waals surface area contributed by atoms with Gasteiger partial charge in [0.25, 0.3) is 0 Å². The highest BCUT2D eigenvalue weighted by atomic mass is 32.1. The standard InChI is InChI=1S/C19H15N5OS/c1-13-21-22-18-9-8-17(23-24(13)18)14-4-2-5-15(12-14)20-19(25)10-7-16-6-3-11-26-16/h2-12H,1H3,(H,20,25)/b10-7+. The molecule has 0 saturated carbocycles. The zero-order chi connectivity index (χ0) is 17.9. The number of carbonyl (C=O) groups is 1. The third kappa shape index (κ3) is 3.38. The van der Waals surface area contributed by atoms with E-state index in [2.05, 4.69) is 20.6 Å². The van der Waals surface area contributed by atoms with E-state index in [1.54, 1.807) is 21.9 Å². The van der Waals surface area contributed by atoms with Gasteiger partial charge in [-0.05, 0) is 48.7 Å². The second-order valence-corrected chi connectivity index (χ2v) is 6.63. The molecule has 0 radical (unpaired) electrons. The number of hydrogen-bond donors (Lipinski definition) is 1. The van der Waals surface area contributed by atoms with Crippen molar-refractivity contribution in [3.8, 4) is 11.3 Å². The molecule has 0 saturated heterocycles. The summed E-state index contributed by atoms with van der Waals surface area (Å²) in [7, 11) is 0. The molecule has 1 N–H and O–H groups in total. The molecule has 4 aromatic rings. The fraction of sp³-hybridized carbons (Fsp3) is 0.0526. The van der Waals surface area contributed by atoms with Gasteiger partial charge in [0.1, 0.15) is 0 Å². The van der Waals surface area contributed by atoms with Gasteiger partial charge >= 0.3 is 0 Å². The first kappa shape index (κ1) is 16.2. The largest absolute Gasteiger partial charge is 0.322 e. The molecular weight excluding hydrogens is 346 g/mol. The number of benzene rings is 1. The highest BCUT2D eigenvalue weighted by Gasteiger charge is 2.07. The maximum absolute atomic E-state index is 12.1. The first-order valence-electron chi connectivity index (χ1n) is 8.01. The Kier molecular flexibility index (Phi) is 4.28. The monoisotopic (exact) mass is 361 g/mol. The van der Waals surface area contributed by atoms with Crippen molar-refractivity contribution in [1.82, 2.24) is 19.8 Å². The predicted molar refractivity (Wildman–Crippen MR) is 103 cm³/mol. The highest BCUT2D eigenvalue weighted by Crippen LogP contribution is 2.21. The maximum Gasteiger partial charge on any atom is 0.248 e. The molecule has 7 heteroatoms. The minimum absolute atomic E-state index is 0.173. The van der Waals surface area contributed by atoms with E-state index in [0.29, 0.717) is 11.3 Å². The summed E-state index contributed by atoms with van der Waals surface area (Å²) in [5.74, 6) is 0.554. The number of rotatable bonds is 4.